The van der Waals surface area contributed by atoms with E-state index in [9.17, 15) is 0 Å². The van der Waals surface area contributed by atoms with Gasteiger partial charge in [0.2, 0.25) is 0 Å². The fourth-order valence-corrected chi connectivity index (χ4v) is 3.56. The zero-order chi connectivity index (χ0) is 12.4. The zero-order valence-electron chi connectivity index (χ0n) is 11.1. The lowest BCUT2D eigenvalue weighted by Gasteiger charge is -2.43. The Balaban J connectivity index is 1.56. The SMILES string of the molecule is NC1CCCC1OC1CCOC2(CCOCC2)C1. The van der Waals surface area contributed by atoms with E-state index >= 15 is 0 Å². The smallest absolute Gasteiger partial charge is 0.0751 e. The topological polar surface area (TPSA) is 53.7 Å². The van der Waals surface area contributed by atoms with Crippen LogP contribution in [0.1, 0.15) is 44.9 Å². The van der Waals surface area contributed by atoms with E-state index in [1.165, 1.54) is 6.42 Å². The summed E-state index contributed by atoms with van der Waals surface area (Å²) < 4.78 is 17.7. The van der Waals surface area contributed by atoms with E-state index < -0.39 is 0 Å². The number of nitrogens with two attached hydrogens (primary N) is 1. The fraction of sp³-hybridized carbons (Fsp3) is 1.00. The first-order valence-electron chi connectivity index (χ1n) is 7.40. The zero-order valence-corrected chi connectivity index (χ0v) is 11.1. The molecule has 4 heteroatoms. The van der Waals surface area contributed by atoms with Crippen molar-refractivity contribution in [3.63, 3.8) is 0 Å². The quantitative estimate of drug-likeness (QED) is 0.814. The maximum atomic E-state index is 6.25. The minimum atomic E-state index is 0.0316. The summed E-state index contributed by atoms with van der Waals surface area (Å²) in [7, 11) is 0. The van der Waals surface area contributed by atoms with E-state index in [-0.39, 0.29) is 17.7 Å². The van der Waals surface area contributed by atoms with Gasteiger partial charge in [-0.2, -0.15) is 0 Å². The lowest BCUT2D eigenvalue weighted by atomic mass is 9.85. The van der Waals surface area contributed by atoms with Gasteiger partial charge in [0.25, 0.3) is 0 Å². The van der Waals surface area contributed by atoms with Gasteiger partial charge in [-0.3, -0.25) is 0 Å². The Labute approximate surface area is 109 Å². The first-order valence-corrected chi connectivity index (χ1v) is 7.40. The van der Waals surface area contributed by atoms with E-state index in [0.29, 0.717) is 6.10 Å². The van der Waals surface area contributed by atoms with Gasteiger partial charge < -0.3 is 19.9 Å². The van der Waals surface area contributed by atoms with Crippen LogP contribution >= 0.6 is 0 Å². The van der Waals surface area contributed by atoms with E-state index in [0.717, 1.165) is 58.3 Å². The first-order chi connectivity index (χ1) is 8.77. The normalized spacial score (nSPS) is 40.2. The molecule has 2 N–H and O–H groups in total. The molecule has 3 fully saturated rings. The molecule has 2 heterocycles. The second-order valence-corrected chi connectivity index (χ2v) is 6.03. The summed E-state index contributed by atoms with van der Waals surface area (Å²) in [6.07, 6.45) is 8.17. The Hall–Kier alpha value is -0.160. The summed E-state index contributed by atoms with van der Waals surface area (Å²) in [4.78, 5) is 0. The summed E-state index contributed by atoms with van der Waals surface area (Å²) in [5.74, 6) is 0. The fourth-order valence-electron chi connectivity index (χ4n) is 3.56. The highest BCUT2D eigenvalue weighted by Crippen LogP contribution is 2.36. The van der Waals surface area contributed by atoms with Gasteiger partial charge in [0, 0.05) is 32.3 Å². The van der Waals surface area contributed by atoms with E-state index in [1.54, 1.807) is 0 Å². The Bertz CT molecular complexity index is 273. The first kappa shape index (κ1) is 12.9. The van der Waals surface area contributed by atoms with Crippen molar-refractivity contribution in [2.24, 2.45) is 5.73 Å². The Morgan fingerprint density at radius 3 is 2.61 bits per heavy atom. The number of ether oxygens (including phenoxy) is 3. The summed E-state index contributed by atoms with van der Waals surface area (Å²) in [5, 5.41) is 0. The maximum Gasteiger partial charge on any atom is 0.0751 e. The molecule has 4 nitrogen and oxygen atoms in total. The van der Waals surface area contributed by atoms with E-state index in [4.69, 9.17) is 19.9 Å². The van der Waals surface area contributed by atoms with Crippen molar-refractivity contribution < 1.29 is 14.2 Å². The Morgan fingerprint density at radius 2 is 1.89 bits per heavy atom. The van der Waals surface area contributed by atoms with Crippen LogP contribution in [0.3, 0.4) is 0 Å². The van der Waals surface area contributed by atoms with Gasteiger partial charge in [-0.15, -0.1) is 0 Å². The van der Waals surface area contributed by atoms with Gasteiger partial charge in [0.1, 0.15) is 0 Å². The number of hydrogen-bond acceptors (Lipinski definition) is 4. The molecule has 0 aromatic rings. The molecule has 0 bridgehead atoms. The summed E-state index contributed by atoms with van der Waals surface area (Å²) in [6.45, 7) is 2.48. The molecular weight excluding hydrogens is 230 g/mol. The van der Waals surface area contributed by atoms with Crippen LogP contribution in [0.15, 0.2) is 0 Å². The average Bonchev–Trinajstić information content (AvgIpc) is 2.76. The third-order valence-corrected chi connectivity index (χ3v) is 4.72. The third kappa shape index (κ3) is 2.72. The van der Waals surface area contributed by atoms with Crippen LogP contribution < -0.4 is 5.73 Å². The average molecular weight is 255 g/mol. The van der Waals surface area contributed by atoms with Crippen molar-refractivity contribution in [1.82, 2.24) is 0 Å². The Kier molecular flexibility index (Phi) is 3.89. The van der Waals surface area contributed by atoms with Crippen molar-refractivity contribution in [2.75, 3.05) is 19.8 Å². The lowest BCUT2D eigenvalue weighted by molar-refractivity contribution is -0.178. The van der Waals surface area contributed by atoms with Crippen LogP contribution in [0.5, 0.6) is 0 Å². The molecule has 3 unspecified atom stereocenters. The molecule has 0 amide bonds. The predicted octanol–water partition coefficient (Wildman–Crippen LogP) is 1.61. The van der Waals surface area contributed by atoms with Gasteiger partial charge in [0.15, 0.2) is 0 Å². The molecule has 0 aromatic heterocycles. The van der Waals surface area contributed by atoms with Crippen LogP contribution in [0, 0.1) is 0 Å². The summed E-state index contributed by atoms with van der Waals surface area (Å²) in [5.41, 5.74) is 6.12. The van der Waals surface area contributed by atoms with Crippen molar-refractivity contribution in [3.05, 3.63) is 0 Å². The van der Waals surface area contributed by atoms with Gasteiger partial charge in [-0.1, -0.05) is 0 Å². The molecule has 104 valence electrons. The molecule has 3 rings (SSSR count). The van der Waals surface area contributed by atoms with E-state index in [1.807, 2.05) is 0 Å². The molecule has 1 aliphatic carbocycles. The molecule has 3 atom stereocenters. The van der Waals surface area contributed by atoms with Crippen molar-refractivity contribution in [3.8, 4) is 0 Å². The molecule has 1 saturated carbocycles. The van der Waals surface area contributed by atoms with Crippen molar-refractivity contribution in [2.45, 2.75) is 68.8 Å². The van der Waals surface area contributed by atoms with Gasteiger partial charge >= 0.3 is 0 Å². The monoisotopic (exact) mass is 255 g/mol. The second-order valence-electron chi connectivity index (χ2n) is 6.03. The number of hydrogen-bond donors (Lipinski definition) is 1. The van der Waals surface area contributed by atoms with Gasteiger partial charge in [0.05, 0.1) is 17.8 Å². The molecule has 18 heavy (non-hydrogen) atoms. The molecule has 2 aliphatic heterocycles. The molecule has 3 aliphatic rings. The number of rotatable bonds is 2. The van der Waals surface area contributed by atoms with Crippen LogP contribution in [0.2, 0.25) is 0 Å². The highest BCUT2D eigenvalue weighted by atomic mass is 16.5. The minimum Gasteiger partial charge on any atom is -0.381 e. The maximum absolute atomic E-state index is 6.25. The largest absolute Gasteiger partial charge is 0.381 e. The molecule has 0 aromatic carbocycles. The van der Waals surface area contributed by atoms with Crippen LogP contribution in [0.25, 0.3) is 0 Å². The highest BCUT2D eigenvalue weighted by molar-refractivity contribution is 4.91. The highest BCUT2D eigenvalue weighted by Gasteiger charge is 2.40. The summed E-state index contributed by atoms with van der Waals surface area (Å²) in [6, 6.07) is 0.249. The lowest BCUT2D eigenvalue weighted by Crippen LogP contribution is -2.48. The van der Waals surface area contributed by atoms with Crippen LogP contribution in [-0.2, 0) is 14.2 Å². The molecule has 0 radical (unpaired) electrons. The van der Waals surface area contributed by atoms with Crippen molar-refractivity contribution >= 4 is 0 Å². The molecular formula is C14H25NO3. The van der Waals surface area contributed by atoms with E-state index in [2.05, 4.69) is 0 Å². The standard InChI is InChI=1S/C14H25NO3/c15-12-2-1-3-13(12)18-11-4-7-17-14(10-11)5-8-16-9-6-14/h11-13H,1-10,15H2. The van der Waals surface area contributed by atoms with Crippen molar-refractivity contribution in [1.29, 1.82) is 0 Å². The molecule has 2 saturated heterocycles. The summed E-state index contributed by atoms with van der Waals surface area (Å²) >= 11 is 0. The predicted molar refractivity (Wildman–Crippen MR) is 68.5 cm³/mol. The molecule has 1 spiro atoms. The minimum absolute atomic E-state index is 0.0316. The van der Waals surface area contributed by atoms with Crippen LogP contribution in [0.4, 0.5) is 0 Å². The third-order valence-electron chi connectivity index (χ3n) is 4.72. The Morgan fingerprint density at radius 1 is 1.06 bits per heavy atom. The van der Waals surface area contributed by atoms with Crippen LogP contribution in [-0.4, -0.2) is 43.7 Å². The van der Waals surface area contributed by atoms with Gasteiger partial charge in [-0.05, 0) is 38.5 Å². The second kappa shape index (κ2) is 5.45. The van der Waals surface area contributed by atoms with Gasteiger partial charge in [-0.25, -0.2) is 0 Å².